The molecule has 136 valence electrons. The Balaban J connectivity index is 2.37. The van der Waals surface area contributed by atoms with Crippen LogP contribution in [-0.4, -0.2) is 11.9 Å². The molecule has 26 heavy (non-hydrogen) atoms. The molecular weight excluding hydrogens is 328 g/mol. The summed E-state index contributed by atoms with van der Waals surface area (Å²) in [6.07, 6.45) is 1.75. The predicted octanol–water partition coefficient (Wildman–Crippen LogP) is 5.27. The van der Waals surface area contributed by atoms with E-state index in [2.05, 4.69) is 13.8 Å². The van der Waals surface area contributed by atoms with Gasteiger partial charge in [0.25, 0.3) is 0 Å². The van der Waals surface area contributed by atoms with Crippen LogP contribution < -0.4 is 9.47 Å². The second-order valence-corrected chi connectivity index (χ2v) is 5.90. The first-order valence-corrected chi connectivity index (χ1v) is 8.74. The van der Waals surface area contributed by atoms with E-state index in [9.17, 15) is 9.59 Å². The van der Waals surface area contributed by atoms with E-state index in [1.165, 1.54) is 25.0 Å². The van der Waals surface area contributed by atoms with E-state index in [1.807, 2.05) is 48.5 Å². The van der Waals surface area contributed by atoms with Crippen LogP contribution in [0.3, 0.4) is 0 Å². The molecule has 0 saturated carbocycles. The molecule has 2 aromatic rings. The van der Waals surface area contributed by atoms with Crippen molar-refractivity contribution in [3.05, 3.63) is 59.7 Å². The average Bonchev–Trinajstić information content (AvgIpc) is 2.60. The molecule has 0 atom stereocenters. The second kappa shape index (κ2) is 8.99. The molecule has 0 saturated heterocycles. The van der Waals surface area contributed by atoms with Gasteiger partial charge in [-0.25, -0.2) is 0 Å². The molecule has 0 spiro atoms. The van der Waals surface area contributed by atoms with E-state index in [0.29, 0.717) is 11.5 Å². The van der Waals surface area contributed by atoms with Gasteiger partial charge in [0.15, 0.2) is 0 Å². The smallest absolute Gasteiger partial charge is 0.308 e. The summed E-state index contributed by atoms with van der Waals surface area (Å²) in [5, 5.41) is 0. The number of benzene rings is 2. The molecule has 2 rings (SSSR count). The number of hydrogen-bond acceptors (Lipinski definition) is 4. The summed E-state index contributed by atoms with van der Waals surface area (Å²) >= 11 is 0. The molecule has 0 radical (unpaired) electrons. The average molecular weight is 352 g/mol. The van der Waals surface area contributed by atoms with Gasteiger partial charge in [-0.15, -0.1) is 0 Å². The second-order valence-electron chi connectivity index (χ2n) is 5.90. The standard InChI is InChI=1S/C22H24O4/c1-5-21(17-7-11-19(12-8-17)25-15(3)23)22(6-2)18-9-13-20(14-10-18)26-16(4)24/h7-14H,5-6H2,1-4H3/b22-21+. The fourth-order valence-corrected chi connectivity index (χ4v) is 2.96. The number of carbonyl (C=O) groups is 2. The van der Waals surface area contributed by atoms with Crippen LogP contribution in [-0.2, 0) is 9.59 Å². The Hall–Kier alpha value is -2.88. The zero-order valence-electron chi connectivity index (χ0n) is 15.7. The third kappa shape index (κ3) is 5.06. The number of esters is 2. The van der Waals surface area contributed by atoms with E-state index in [-0.39, 0.29) is 11.9 Å². The number of rotatable bonds is 6. The Morgan fingerprint density at radius 3 is 1.19 bits per heavy atom. The van der Waals surface area contributed by atoms with Crippen molar-refractivity contribution in [2.75, 3.05) is 0 Å². The molecule has 0 unspecified atom stereocenters. The molecule has 0 aliphatic carbocycles. The zero-order valence-corrected chi connectivity index (χ0v) is 15.7. The molecule has 0 fully saturated rings. The Kier molecular flexibility index (Phi) is 6.73. The fraction of sp³-hybridized carbons (Fsp3) is 0.273. The summed E-state index contributed by atoms with van der Waals surface area (Å²) in [6, 6.07) is 15.1. The highest BCUT2D eigenvalue weighted by atomic mass is 16.5. The monoisotopic (exact) mass is 352 g/mol. The minimum atomic E-state index is -0.328. The third-order valence-corrected chi connectivity index (χ3v) is 4.00. The minimum Gasteiger partial charge on any atom is -0.427 e. The third-order valence-electron chi connectivity index (χ3n) is 4.00. The van der Waals surface area contributed by atoms with Crippen LogP contribution in [0.1, 0.15) is 51.7 Å². The van der Waals surface area contributed by atoms with Crippen molar-refractivity contribution in [3.8, 4) is 11.5 Å². The normalized spacial score (nSPS) is 11.5. The van der Waals surface area contributed by atoms with Gasteiger partial charge in [0.2, 0.25) is 0 Å². The van der Waals surface area contributed by atoms with Crippen molar-refractivity contribution >= 4 is 23.1 Å². The van der Waals surface area contributed by atoms with Gasteiger partial charge in [-0.05, 0) is 59.4 Å². The molecule has 0 aliphatic heterocycles. The van der Waals surface area contributed by atoms with Crippen molar-refractivity contribution < 1.29 is 19.1 Å². The highest BCUT2D eigenvalue weighted by molar-refractivity contribution is 5.91. The SMILES string of the molecule is CC/C(=C(/CC)c1ccc(OC(C)=O)cc1)c1ccc(OC(C)=O)cc1. The molecule has 0 heterocycles. The molecule has 2 aromatic carbocycles. The first kappa shape index (κ1) is 19.4. The maximum atomic E-state index is 11.1. The van der Waals surface area contributed by atoms with Gasteiger partial charge in [0.1, 0.15) is 11.5 Å². The first-order valence-electron chi connectivity index (χ1n) is 8.74. The van der Waals surface area contributed by atoms with Gasteiger partial charge >= 0.3 is 11.9 Å². The highest BCUT2D eigenvalue weighted by Gasteiger charge is 2.10. The van der Waals surface area contributed by atoms with Crippen molar-refractivity contribution in [3.63, 3.8) is 0 Å². The van der Waals surface area contributed by atoms with Crippen LogP contribution in [0.5, 0.6) is 11.5 Å². The summed E-state index contributed by atoms with van der Waals surface area (Å²) < 4.78 is 10.2. The maximum absolute atomic E-state index is 11.1. The topological polar surface area (TPSA) is 52.6 Å². The Labute approximate surface area is 154 Å². The van der Waals surface area contributed by atoms with Crippen LogP contribution in [0.4, 0.5) is 0 Å². The van der Waals surface area contributed by atoms with E-state index in [0.717, 1.165) is 24.0 Å². The largest absolute Gasteiger partial charge is 0.427 e. The van der Waals surface area contributed by atoms with Crippen molar-refractivity contribution in [2.45, 2.75) is 40.5 Å². The summed E-state index contributed by atoms with van der Waals surface area (Å²) in [6.45, 7) is 7.02. The summed E-state index contributed by atoms with van der Waals surface area (Å²) in [5.41, 5.74) is 4.68. The lowest BCUT2D eigenvalue weighted by Crippen LogP contribution is -2.01. The lowest BCUT2D eigenvalue weighted by atomic mass is 9.91. The zero-order chi connectivity index (χ0) is 19.1. The van der Waals surface area contributed by atoms with Crippen LogP contribution in [0.25, 0.3) is 11.1 Å². The quantitative estimate of drug-likeness (QED) is 0.404. The summed E-state index contributed by atoms with van der Waals surface area (Å²) in [5.74, 6) is 0.429. The van der Waals surface area contributed by atoms with E-state index >= 15 is 0 Å². The molecule has 0 N–H and O–H groups in total. The van der Waals surface area contributed by atoms with Crippen LogP contribution >= 0.6 is 0 Å². The lowest BCUT2D eigenvalue weighted by Gasteiger charge is -2.15. The summed E-state index contributed by atoms with van der Waals surface area (Å²) in [4.78, 5) is 22.1. The number of allylic oxidation sites excluding steroid dienone is 2. The molecule has 0 aliphatic rings. The van der Waals surface area contributed by atoms with Crippen LogP contribution in [0.2, 0.25) is 0 Å². The number of hydrogen-bond donors (Lipinski definition) is 0. The van der Waals surface area contributed by atoms with Gasteiger partial charge in [0, 0.05) is 13.8 Å². The van der Waals surface area contributed by atoms with Gasteiger partial charge in [-0.1, -0.05) is 38.1 Å². The van der Waals surface area contributed by atoms with E-state index in [1.54, 1.807) is 0 Å². The fourth-order valence-electron chi connectivity index (χ4n) is 2.96. The van der Waals surface area contributed by atoms with Gasteiger partial charge in [-0.3, -0.25) is 9.59 Å². The summed E-state index contributed by atoms with van der Waals surface area (Å²) in [7, 11) is 0. The van der Waals surface area contributed by atoms with Crippen LogP contribution in [0.15, 0.2) is 48.5 Å². The number of carbonyl (C=O) groups excluding carboxylic acids is 2. The molecule has 0 bridgehead atoms. The first-order chi connectivity index (χ1) is 12.4. The van der Waals surface area contributed by atoms with E-state index < -0.39 is 0 Å². The van der Waals surface area contributed by atoms with E-state index in [4.69, 9.17) is 9.47 Å². The Morgan fingerprint density at radius 2 is 0.962 bits per heavy atom. The predicted molar refractivity (Wildman–Crippen MR) is 103 cm³/mol. The van der Waals surface area contributed by atoms with Crippen LogP contribution in [0, 0.1) is 0 Å². The van der Waals surface area contributed by atoms with Gasteiger partial charge < -0.3 is 9.47 Å². The number of ether oxygens (including phenoxy) is 2. The Bertz CT molecular complexity index is 730. The highest BCUT2D eigenvalue weighted by Crippen LogP contribution is 2.32. The van der Waals surface area contributed by atoms with Crippen molar-refractivity contribution in [2.24, 2.45) is 0 Å². The molecule has 0 aromatic heterocycles. The lowest BCUT2D eigenvalue weighted by molar-refractivity contribution is -0.132. The van der Waals surface area contributed by atoms with Crippen molar-refractivity contribution in [1.82, 2.24) is 0 Å². The molecule has 0 amide bonds. The molecular formula is C22H24O4. The van der Waals surface area contributed by atoms with Gasteiger partial charge in [0.05, 0.1) is 0 Å². The Morgan fingerprint density at radius 1 is 0.654 bits per heavy atom. The van der Waals surface area contributed by atoms with Crippen molar-refractivity contribution in [1.29, 1.82) is 0 Å². The maximum Gasteiger partial charge on any atom is 0.308 e. The molecule has 4 nitrogen and oxygen atoms in total. The van der Waals surface area contributed by atoms with Gasteiger partial charge in [-0.2, -0.15) is 0 Å². The molecule has 4 heteroatoms. The minimum absolute atomic E-state index is 0.328.